The number of anilines is 1. The molecule has 110 valence electrons. The van der Waals surface area contributed by atoms with E-state index < -0.39 is 0 Å². The van der Waals surface area contributed by atoms with Crippen LogP contribution in [0, 0.1) is 5.92 Å². The standard InChI is InChI=1S/C16H25N3O/c1-5-17-14-8-6-13(7-9-14)16(20)19-10-12(2)15(11-19)18(3)4/h6-9,12,15,17H,5,10-11H2,1-4H3. The molecule has 1 aliphatic heterocycles. The van der Waals surface area contributed by atoms with Gasteiger partial charge in [0.2, 0.25) is 0 Å². The molecule has 1 aliphatic rings. The number of carbonyl (C=O) groups excluding carboxylic acids is 1. The number of benzene rings is 1. The van der Waals surface area contributed by atoms with Gasteiger partial charge in [-0.1, -0.05) is 6.92 Å². The molecule has 0 bridgehead atoms. The van der Waals surface area contributed by atoms with E-state index in [4.69, 9.17) is 0 Å². The largest absolute Gasteiger partial charge is 0.385 e. The quantitative estimate of drug-likeness (QED) is 0.914. The van der Waals surface area contributed by atoms with Gasteiger partial charge >= 0.3 is 0 Å². The van der Waals surface area contributed by atoms with E-state index >= 15 is 0 Å². The maximum absolute atomic E-state index is 12.5. The summed E-state index contributed by atoms with van der Waals surface area (Å²) in [6, 6.07) is 8.22. The number of hydrogen-bond donors (Lipinski definition) is 1. The highest BCUT2D eigenvalue weighted by molar-refractivity contribution is 5.94. The molecule has 1 heterocycles. The van der Waals surface area contributed by atoms with Crippen molar-refractivity contribution >= 4 is 11.6 Å². The van der Waals surface area contributed by atoms with E-state index in [1.165, 1.54) is 0 Å². The molecule has 0 radical (unpaired) electrons. The van der Waals surface area contributed by atoms with Crippen LogP contribution in [0.4, 0.5) is 5.69 Å². The molecule has 4 heteroatoms. The van der Waals surface area contributed by atoms with Crippen molar-refractivity contribution in [3.8, 4) is 0 Å². The van der Waals surface area contributed by atoms with E-state index in [-0.39, 0.29) is 5.91 Å². The first-order chi connectivity index (χ1) is 9.52. The van der Waals surface area contributed by atoms with Gasteiger partial charge in [0, 0.05) is 36.9 Å². The van der Waals surface area contributed by atoms with Crippen LogP contribution in [-0.4, -0.2) is 55.5 Å². The van der Waals surface area contributed by atoms with E-state index in [9.17, 15) is 4.79 Å². The van der Waals surface area contributed by atoms with Crippen molar-refractivity contribution in [1.29, 1.82) is 0 Å². The van der Waals surface area contributed by atoms with Crippen LogP contribution in [0.3, 0.4) is 0 Å². The Bertz CT molecular complexity index is 455. The molecule has 0 aliphatic carbocycles. The summed E-state index contributed by atoms with van der Waals surface area (Å²) in [5.41, 5.74) is 1.84. The average molecular weight is 275 g/mol. The number of nitrogens with zero attached hydrogens (tertiary/aromatic N) is 2. The van der Waals surface area contributed by atoms with Crippen molar-refractivity contribution in [3.63, 3.8) is 0 Å². The molecule has 2 unspecified atom stereocenters. The minimum atomic E-state index is 0.143. The molecule has 0 spiro atoms. The summed E-state index contributed by atoms with van der Waals surface area (Å²) in [5.74, 6) is 0.666. The zero-order valence-electron chi connectivity index (χ0n) is 12.9. The normalized spacial score (nSPS) is 22.4. The predicted molar refractivity (Wildman–Crippen MR) is 83.1 cm³/mol. The first-order valence-electron chi connectivity index (χ1n) is 7.32. The highest BCUT2D eigenvalue weighted by Gasteiger charge is 2.33. The lowest BCUT2D eigenvalue weighted by Crippen LogP contribution is -2.35. The summed E-state index contributed by atoms with van der Waals surface area (Å²) in [4.78, 5) is 16.7. The van der Waals surface area contributed by atoms with E-state index in [0.29, 0.717) is 12.0 Å². The Morgan fingerprint density at radius 2 is 1.95 bits per heavy atom. The SMILES string of the molecule is CCNc1ccc(C(=O)N2CC(C)C(N(C)C)C2)cc1. The molecule has 1 amide bonds. The third-order valence-corrected chi connectivity index (χ3v) is 4.04. The smallest absolute Gasteiger partial charge is 0.253 e. The molecular weight excluding hydrogens is 250 g/mol. The van der Waals surface area contributed by atoms with Crippen molar-refractivity contribution in [2.75, 3.05) is 39.0 Å². The molecule has 1 saturated heterocycles. The van der Waals surface area contributed by atoms with E-state index in [1.807, 2.05) is 29.2 Å². The summed E-state index contributed by atoms with van der Waals surface area (Å²) in [6.07, 6.45) is 0. The van der Waals surface area contributed by atoms with Crippen LogP contribution in [0.15, 0.2) is 24.3 Å². The predicted octanol–water partition coefficient (Wildman–Crippen LogP) is 2.14. The summed E-state index contributed by atoms with van der Waals surface area (Å²) >= 11 is 0. The van der Waals surface area contributed by atoms with Crippen LogP contribution in [0.25, 0.3) is 0 Å². The van der Waals surface area contributed by atoms with Crippen molar-refractivity contribution in [3.05, 3.63) is 29.8 Å². The Morgan fingerprint density at radius 1 is 1.30 bits per heavy atom. The lowest BCUT2D eigenvalue weighted by Gasteiger charge is -2.22. The monoisotopic (exact) mass is 275 g/mol. The van der Waals surface area contributed by atoms with Crippen LogP contribution < -0.4 is 5.32 Å². The first kappa shape index (κ1) is 14.9. The number of likely N-dealkylation sites (tertiary alicyclic amines) is 1. The zero-order chi connectivity index (χ0) is 14.7. The zero-order valence-corrected chi connectivity index (χ0v) is 12.9. The molecule has 0 aromatic heterocycles. The molecule has 1 aromatic rings. The highest BCUT2D eigenvalue weighted by Crippen LogP contribution is 2.22. The van der Waals surface area contributed by atoms with Crippen LogP contribution in [-0.2, 0) is 0 Å². The van der Waals surface area contributed by atoms with Crippen LogP contribution in [0.5, 0.6) is 0 Å². The lowest BCUT2D eigenvalue weighted by atomic mass is 10.1. The average Bonchev–Trinajstić information content (AvgIpc) is 2.81. The van der Waals surface area contributed by atoms with Gasteiger partial charge in [-0.3, -0.25) is 4.79 Å². The fourth-order valence-corrected chi connectivity index (χ4v) is 2.91. The van der Waals surface area contributed by atoms with Gasteiger partial charge in [0.1, 0.15) is 0 Å². The number of hydrogen-bond acceptors (Lipinski definition) is 3. The molecule has 20 heavy (non-hydrogen) atoms. The second-order valence-corrected chi connectivity index (χ2v) is 5.83. The fourth-order valence-electron chi connectivity index (χ4n) is 2.91. The van der Waals surface area contributed by atoms with E-state index in [1.54, 1.807) is 0 Å². The first-order valence-corrected chi connectivity index (χ1v) is 7.32. The van der Waals surface area contributed by atoms with E-state index in [0.717, 1.165) is 30.9 Å². The van der Waals surface area contributed by atoms with Gasteiger partial charge in [0.05, 0.1) is 0 Å². The summed E-state index contributed by atoms with van der Waals surface area (Å²) in [5, 5.41) is 3.24. The van der Waals surface area contributed by atoms with Crippen molar-refractivity contribution in [1.82, 2.24) is 9.80 Å². The van der Waals surface area contributed by atoms with Crippen LogP contribution in [0.1, 0.15) is 24.2 Å². The van der Waals surface area contributed by atoms with Crippen molar-refractivity contribution in [2.45, 2.75) is 19.9 Å². The molecule has 0 saturated carbocycles. The molecule has 2 atom stereocenters. The molecule has 1 N–H and O–H groups in total. The van der Waals surface area contributed by atoms with Crippen molar-refractivity contribution in [2.24, 2.45) is 5.92 Å². The lowest BCUT2D eigenvalue weighted by molar-refractivity contribution is 0.0781. The highest BCUT2D eigenvalue weighted by atomic mass is 16.2. The van der Waals surface area contributed by atoms with Gasteiger partial charge in [-0.25, -0.2) is 0 Å². The van der Waals surface area contributed by atoms with E-state index in [2.05, 4.69) is 38.2 Å². The Kier molecular flexibility index (Phi) is 4.65. The maximum Gasteiger partial charge on any atom is 0.253 e. The van der Waals surface area contributed by atoms with Gasteiger partial charge < -0.3 is 15.1 Å². The number of carbonyl (C=O) groups is 1. The number of rotatable bonds is 4. The molecule has 1 fully saturated rings. The minimum absolute atomic E-state index is 0.143. The second-order valence-electron chi connectivity index (χ2n) is 5.83. The van der Waals surface area contributed by atoms with Crippen LogP contribution in [0.2, 0.25) is 0 Å². The Balaban J connectivity index is 2.04. The number of likely N-dealkylation sites (N-methyl/N-ethyl adjacent to an activating group) is 1. The third-order valence-electron chi connectivity index (χ3n) is 4.04. The second kappa shape index (κ2) is 6.27. The van der Waals surface area contributed by atoms with Gasteiger partial charge in [0.25, 0.3) is 5.91 Å². The third kappa shape index (κ3) is 3.12. The van der Waals surface area contributed by atoms with Crippen LogP contribution >= 0.6 is 0 Å². The molecular formula is C16H25N3O. The summed E-state index contributed by atoms with van der Waals surface area (Å²) < 4.78 is 0. The summed E-state index contributed by atoms with van der Waals surface area (Å²) in [6.45, 7) is 6.83. The Hall–Kier alpha value is -1.55. The summed E-state index contributed by atoms with van der Waals surface area (Å²) in [7, 11) is 4.17. The molecule has 2 rings (SSSR count). The maximum atomic E-state index is 12.5. The topological polar surface area (TPSA) is 35.6 Å². The Morgan fingerprint density at radius 3 is 2.45 bits per heavy atom. The fraction of sp³-hybridized carbons (Fsp3) is 0.562. The molecule has 4 nitrogen and oxygen atoms in total. The molecule has 1 aromatic carbocycles. The number of nitrogens with one attached hydrogen (secondary N) is 1. The van der Waals surface area contributed by atoms with Gasteiger partial charge in [-0.15, -0.1) is 0 Å². The van der Waals surface area contributed by atoms with Crippen molar-refractivity contribution < 1.29 is 4.79 Å². The van der Waals surface area contributed by atoms with Gasteiger partial charge in [-0.05, 0) is 51.2 Å². The minimum Gasteiger partial charge on any atom is -0.385 e. The van der Waals surface area contributed by atoms with Gasteiger partial charge in [-0.2, -0.15) is 0 Å². The number of amides is 1. The van der Waals surface area contributed by atoms with Gasteiger partial charge in [0.15, 0.2) is 0 Å². The Labute approximate surface area is 121 Å².